The SMILES string of the molecule is OP(O)(=S)Nc1ccccc1. The van der Waals surface area contributed by atoms with Crippen molar-refractivity contribution in [3.63, 3.8) is 0 Å². The normalized spacial score (nSPS) is 11.1. The number of nitrogens with one attached hydrogen (secondary N) is 1. The van der Waals surface area contributed by atoms with Crippen LogP contribution in [0.3, 0.4) is 0 Å². The van der Waals surface area contributed by atoms with E-state index >= 15 is 0 Å². The van der Waals surface area contributed by atoms with Crippen LogP contribution >= 0.6 is 6.64 Å². The van der Waals surface area contributed by atoms with E-state index in [1.54, 1.807) is 24.3 Å². The molecule has 0 amide bonds. The minimum atomic E-state index is -3.30. The number of benzene rings is 1. The second kappa shape index (κ2) is 3.32. The van der Waals surface area contributed by atoms with Crippen molar-refractivity contribution >= 4 is 24.1 Å². The van der Waals surface area contributed by atoms with E-state index in [1.165, 1.54) is 0 Å². The van der Waals surface area contributed by atoms with Crippen LogP contribution in [0.5, 0.6) is 0 Å². The van der Waals surface area contributed by atoms with Gasteiger partial charge in [-0.1, -0.05) is 18.2 Å². The van der Waals surface area contributed by atoms with Gasteiger partial charge in [-0.05, 0) is 23.9 Å². The molecular formula is C6H8NO2PS. The van der Waals surface area contributed by atoms with E-state index in [9.17, 15) is 0 Å². The minimum Gasteiger partial charge on any atom is -0.330 e. The molecule has 3 nitrogen and oxygen atoms in total. The summed E-state index contributed by atoms with van der Waals surface area (Å²) in [6.07, 6.45) is 0. The zero-order chi connectivity index (χ0) is 8.32. The third kappa shape index (κ3) is 3.49. The van der Waals surface area contributed by atoms with Gasteiger partial charge in [-0.25, -0.2) is 0 Å². The van der Waals surface area contributed by atoms with Gasteiger partial charge in [0.15, 0.2) is 0 Å². The fourth-order valence-electron chi connectivity index (χ4n) is 0.681. The van der Waals surface area contributed by atoms with Gasteiger partial charge < -0.3 is 14.9 Å². The van der Waals surface area contributed by atoms with Crippen molar-refractivity contribution < 1.29 is 9.79 Å². The fourth-order valence-corrected chi connectivity index (χ4v) is 1.48. The smallest absolute Gasteiger partial charge is 0.282 e. The minimum absolute atomic E-state index is 0.626. The Morgan fingerprint density at radius 1 is 1.18 bits per heavy atom. The molecule has 0 radical (unpaired) electrons. The standard InChI is InChI=1S/C6H8NO2PS/c8-10(9,11)7-6-4-2-1-3-5-6/h1-5H,(H3,7,8,9,11). The van der Waals surface area contributed by atoms with Gasteiger partial charge in [0.25, 0.3) is 6.64 Å². The first-order chi connectivity index (χ1) is 5.08. The summed E-state index contributed by atoms with van der Waals surface area (Å²) in [6, 6.07) is 8.84. The van der Waals surface area contributed by atoms with E-state index in [2.05, 4.69) is 16.9 Å². The largest absolute Gasteiger partial charge is 0.330 e. The molecule has 0 heterocycles. The van der Waals surface area contributed by atoms with E-state index in [4.69, 9.17) is 9.79 Å². The molecular weight excluding hydrogens is 181 g/mol. The molecule has 1 aromatic rings. The maximum atomic E-state index is 8.84. The van der Waals surface area contributed by atoms with Crippen LogP contribution in [0, 0.1) is 0 Å². The molecule has 0 bridgehead atoms. The Morgan fingerprint density at radius 2 is 1.73 bits per heavy atom. The quantitative estimate of drug-likeness (QED) is 0.614. The van der Waals surface area contributed by atoms with Crippen molar-refractivity contribution in [1.29, 1.82) is 0 Å². The van der Waals surface area contributed by atoms with Crippen LogP contribution in [0.15, 0.2) is 30.3 Å². The molecule has 0 spiro atoms. The molecule has 0 saturated carbocycles. The van der Waals surface area contributed by atoms with Crippen LogP contribution in [0.25, 0.3) is 0 Å². The maximum Gasteiger partial charge on any atom is 0.282 e. The Bertz CT molecular complexity index is 271. The highest BCUT2D eigenvalue weighted by molar-refractivity contribution is 8.09. The Kier molecular flexibility index (Phi) is 2.62. The molecule has 3 N–H and O–H groups in total. The molecule has 1 aromatic carbocycles. The van der Waals surface area contributed by atoms with Gasteiger partial charge in [0.2, 0.25) is 0 Å². The summed E-state index contributed by atoms with van der Waals surface area (Å²) < 4.78 is 0. The summed E-state index contributed by atoms with van der Waals surface area (Å²) >= 11 is 4.38. The van der Waals surface area contributed by atoms with Gasteiger partial charge in [0, 0.05) is 5.69 Å². The van der Waals surface area contributed by atoms with Gasteiger partial charge in [-0.3, -0.25) is 0 Å². The average Bonchev–Trinajstić information content (AvgIpc) is 1.85. The van der Waals surface area contributed by atoms with E-state index in [-0.39, 0.29) is 0 Å². The topological polar surface area (TPSA) is 52.5 Å². The van der Waals surface area contributed by atoms with Crippen LogP contribution in [0.1, 0.15) is 0 Å². The average molecular weight is 189 g/mol. The third-order valence-electron chi connectivity index (χ3n) is 1.05. The van der Waals surface area contributed by atoms with Crippen molar-refractivity contribution in [3.8, 4) is 0 Å². The summed E-state index contributed by atoms with van der Waals surface area (Å²) in [5.41, 5.74) is 0.626. The van der Waals surface area contributed by atoms with Crippen LogP contribution < -0.4 is 5.09 Å². The van der Waals surface area contributed by atoms with Gasteiger partial charge >= 0.3 is 0 Å². The molecule has 60 valence electrons. The van der Waals surface area contributed by atoms with Gasteiger partial charge in [-0.2, -0.15) is 0 Å². The molecule has 5 heteroatoms. The first kappa shape index (κ1) is 8.68. The van der Waals surface area contributed by atoms with Crippen molar-refractivity contribution in [2.45, 2.75) is 0 Å². The highest BCUT2D eigenvalue weighted by Crippen LogP contribution is 2.35. The number of anilines is 1. The van der Waals surface area contributed by atoms with Gasteiger partial charge in [0.1, 0.15) is 0 Å². The highest BCUT2D eigenvalue weighted by atomic mass is 32.5. The first-order valence-corrected chi connectivity index (χ1v) is 5.67. The lowest BCUT2D eigenvalue weighted by Gasteiger charge is -2.09. The monoisotopic (exact) mass is 189 g/mol. The van der Waals surface area contributed by atoms with Crippen molar-refractivity contribution in [1.82, 2.24) is 0 Å². The third-order valence-corrected chi connectivity index (χ3v) is 1.87. The number of rotatable bonds is 2. The van der Waals surface area contributed by atoms with Crippen molar-refractivity contribution in [2.75, 3.05) is 5.09 Å². The molecule has 0 aliphatic rings. The summed E-state index contributed by atoms with van der Waals surface area (Å²) in [7, 11) is 0. The van der Waals surface area contributed by atoms with E-state index in [1.807, 2.05) is 6.07 Å². The highest BCUT2D eigenvalue weighted by Gasteiger charge is 2.04. The number of hydrogen-bond donors (Lipinski definition) is 3. The van der Waals surface area contributed by atoms with E-state index < -0.39 is 6.64 Å². The molecule has 0 saturated heterocycles. The maximum absolute atomic E-state index is 8.84. The zero-order valence-corrected chi connectivity index (χ0v) is 7.35. The van der Waals surface area contributed by atoms with Gasteiger partial charge in [-0.15, -0.1) is 0 Å². The number of hydrogen-bond acceptors (Lipinski definition) is 1. The van der Waals surface area contributed by atoms with Crippen molar-refractivity contribution in [3.05, 3.63) is 30.3 Å². The van der Waals surface area contributed by atoms with E-state index in [0.29, 0.717) is 5.69 Å². The summed E-state index contributed by atoms with van der Waals surface area (Å²) in [5.74, 6) is 0. The summed E-state index contributed by atoms with van der Waals surface area (Å²) in [4.78, 5) is 17.7. The summed E-state index contributed by atoms with van der Waals surface area (Å²) in [6.45, 7) is -3.30. The predicted molar refractivity (Wildman–Crippen MR) is 48.8 cm³/mol. The lowest BCUT2D eigenvalue weighted by molar-refractivity contribution is 0.486. The Morgan fingerprint density at radius 3 is 2.18 bits per heavy atom. The Labute approximate surface area is 69.9 Å². The second-order valence-corrected chi connectivity index (χ2v) is 4.86. The van der Waals surface area contributed by atoms with Crippen LogP contribution in [0.2, 0.25) is 0 Å². The number of para-hydroxylation sites is 1. The Balaban J connectivity index is 2.74. The lowest BCUT2D eigenvalue weighted by Crippen LogP contribution is -1.92. The molecule has 11 heavy (non-hydrogen) atoms. The summed E-state index contributed by atoms with van der Waals surface area (Å²) in [5, 5.41) is 2.42. The molecule has 0 aliphatic heterocycles. The lowest BCUT2D eigenvalue weighted by atomic mass is 10.3. The van der Waals surface area contributed by atoms with Crippen molar-refractivity contribution in [2.24, 2.45) is 0 Å². The van der Waals surface area contributed by atoms with Gasteiger partial charge in [0.05, 0.1) is 0 Å². The fraction of sp³-hybridized carbons (Fsp3) is 0. The van der Waals surface area contributed by atoms with Crippen LogP contribution in [-0.4, -0.2) is 9.79 Å². The molecule has 1 rings (SSSR count). The molecule has 0 atom stereocenters. The molecule has 0 unspecified atom stereocenters. The molecule has 0 fully saturated rings. The second-order valence-electron chi connectivity index (χ2n) is 2.02. The van der Waals surface area contributed by atoms with Crippen LogP contribution in [0.4, 0.5) is 5.69 Å². The van der Waals surface area contributed by atoms with E-state index in [0.717, 1.165) is 0 Å². The predicted octanol–water partition coefficient (Wildman–Crippen LogP) is 1.31. The Hall–Kier alpha value is -0.410. The molecule has 0 aliphatic carbocycles. The molecule has 0 aromatic heterocycles. The zero-order valence-electron chi connectivity index (χ0n) is 5.64. The first-order valence-electron chi connectivity index (χ1n) is 2.97. The van der Waals surface area contributed by atoms with Crippen LogP contribution in [-0.2, 0) is 11.8 Å².